The van der Waals surface area contributed by atoms with Crippen LogP contribution in [0.5, 0.6) is 0 Å². The van der Waals surface area contributed by atoms with Gasteiger partial charge in [-0.25, -0.2) is 4.89 Å². The van der Waals surface area contributed by atoms with Gasteiger partial charge in [0.25, 0.3) is 0 Å². The van der Waals surface area contributed by atoms with Crippen molar-refractivity contribution in [1.82, 2.24) is 0 Å². The lowest BCUT2D eigenvalue weighted by atomic mass is 10.1. The monoisotopic (exact) mass is 316 g/mol. The lowest BCUT2D eigenvalue weighted by molar-refractivity contribution is -0.936. The van der Waals surface area contributed by atoms with Crippen LogP contribution in [0.2, 0.25) is 0 Å². The number of quaternary nitrogens is 1. The molecule has 1 rings (SSSR count). The van der Waals surface area contributed by atoms with E-state index in [1.54, 1.807) is 0 Å². The van der Waals surface area contributed by atoms with Crippen LogP contribution in [0.4, 0.5) is 0 Å². The van der Waals surface area contributed by atoms with E-state index in [0.717, 1.165) is 37.3 Å². The molecule has 0 saturated carbocycles. The minimum absolute atomic E-state index is 0.442. The molecule has 0 radical (unpaired) electrons. The summed E-state index contributed by atoms with van der Waals surface area (Å²) in [7, 11) is 0. The second-order valence-electron chi connectivity index (χ2n) is 6.86. The Morgan fingerprint density at radius 2 is 1.36 bits per heavy atom. The zero-order valence-electron chi connectivity index (χ0n) is 14.7. The first kappa shape index (κ1) is 19.9. The summed E-state index contributed by atoms with van der Waals surface area (Å²) in [5, 5.41) is 8.62. The average molecular weight is 317 g/mol. The standard InChI is InChI=1S/C18H37NO3/c1-2-3-4-5-6-7-8-9-10-11-12-19(15-18-22-20)13-16-21-17-14-19/h2-18H2,1H3/p+1. The minimum atomic E-state index is 0.442. The van der Waals surface area contributed by atoms with Gasteiger partial charge in [-0.1, -0.05) is 58.3 Å². The zero-order chi connectivity index (χ0) is 15.9. The maximum Gasteiger partial charge on any atom is 0.131 e. The third kappa shape index (κ3) is 9.09. The molecule has 0 aromatic carbocycles. The van der Waals surface area contributed by atoms with Crippen molar-refractivity contribution in [3.05, 3.63) is 0 Å². The highest BCUT2D eigenvalue weighted by atomic mass is 17.1. The van der Waals surface area contributed by atoms with Gasteiger partial charge in [0, 0.05) is 0 Å². The largest absolute Gasteiger partial charge is 0.370 e. The Morgan fingerprint density at radius 1 is 0.818 bits per heavy atom. The van der Waals surface area contributed by atoms with Crippen LogP contribution in [0, 0.1) is 0 Å². The molecule has 1 aliphatic rings. The van der Waals surface area contributed by atoms with E-state index in [9.17, 15) is 0 Å². The SMILES string of the molecule is CCCCCCCCCCCC[N+]1(CCOO)CCOCC1. The third-order valence-corrected chi connectivity index (χ3v) is 5.06. The Kier molecular flexibility index (Phi) is 12.0. The lowest BCUT2D eigenvalue weighted by Crippen LogP contribution is -2.57. The molecule has 0 unspecified atom stereocenters. The molecular weight excluding hydrogens is 278 g/mol. The number of hydrogen-bond acceptors (Lipinski definition) is 3. The summed E-state index contributed by atoms with van der Waals surface area (Å²) in [5.41, 5.74) is 0. The first-order valence-electron chi connectivity index (χ1n) is 9.52. The molecule has 1 saturated heterocycles. The molecular formula is C18H38NO3+. The van der Waals surface area contributed by atoms with Crippen LogP contribution in [0.15, 0.2) is 0 Å². The molecule has 1 N–H and O–H groups in total. The van der Waals surface area contributed by atoms with Crippen molar-refractivity contribution in [3.8, 4) is 0 Å². The molecule has 0 aliphatic carbocycles. The predicted molar refractivity (Wildman–Crippen MR) is 91.0 cm³/mol. The highest BCUT2D eigenvalue weighted by Crippen LogP contribution is 2.15. The maximum atomic E-state index is 8.62. The topological polar surface area (TPSA) is 38.7 Å². The molecule has 0 atom stereocenters. The number of ether oxygens (including phenoxy) is 1. The van der Waals surface area contributed by atoms with Crippen molar-refractivity contribution in [1.29, 1.82) is 0 Å². The summed E-state index contributed by atoms with van der Waals surface area (Å²) in [6.07, 6.45) is 13.8. The Bertz CT molecular complexity index is 242. The average Bonchev–Trinajstić information content (AvgIpc) is 2.56. The molecule has 1 heterocycles. The van der Waals surface area contributed by atoms with Gasteiger partial charge in [-0.05, 0) is 12.8 Å². The van der Waals surface area contributed by atoms with Gasteiger partial charge in [0.05, 0.1) is 19.8 Å². The molecule has 0 aromatic rings. The van der Waals surface area contributed by atoms with Crippen LogP contribution in [-0.2, 0) is 9.62 Å². The van der Waals surface area contributed by atoms with E-state index in [4.69, 9.17) is 9.99 Å². The van der Waals surface area contributed by atoms with E-state index in [2.05, 4.69) is 11.8 Å². The van der Waals surface area contributed by atoms with E-state index in [1.807, 2.05) is 0 Å². The summed E-state index contributed by atoms with van der Waals surface area (Å²) in [6.45, 7) is 8.68. The maximum absolute atomic E-state index is 8.62. The summed E-state index contributed by atoms with van der Waals surface area (Å²) in [6, 6.07) is 0. The molecule has 0 aromatic heterocycles. The van der Waals surface area contributed by atoms with Gasteiger partial charge in [0.15, 0.2) is 0 Å². The summed E-state index contributed by atoms with van der Waals surface area (Å²) in [5.74, 6) is 0. The normalized spacial score (nSPS) is 17.7. The fourth-order valence-corrected chi connectivity index (χ4v) is 3.46. The second kappa shape index (κ2) is 13.3. The Hall–Kier alpha value is -0.160. The fraction of sp³-hybridized carbons (Fsp3) is 1.00. The van der Waals surface area contributed by atoms with Crippen molar-refractivity contribution >= 4 is 0 Å². The van der Waals surface area contributed by atoms with Crippen molar-refractivity contribution in [2.45, 2.75) is 71.1 Å². The summed E-state index contributed by atoms with van der Waals surface area (Å²) < 4.78 is 6.55. The van der Waals surface area contributed by atoms with Gasteiger partial charge in [-0.15, -0.1) is 0 Å². The van der Waals surface area contributed by atoms with Crippen molar-refractivity contribution < 1.29 is 19.4 Å². The zero-order valence-corrected chi connectivity index (χ0v) is 14.7. The Balaban J connectivity index is 2.01. The molecule has 132 valence electrons. The van der Waals surface area contributed by atoms with Gasteiger partial charge in [0.2, 0.25) is 0 Å². The minimum Gasteiger partial charge on any atom is -0.370 e. The van der Waals surface area contributed by atoms with Crippen LogP contribution in [-0.4, -0.2) is 55.7 Å². The van der Waals surface area contributed by atoms with Crippen molar-refractivity contribution in [2.24, 2.45) is 0 Å². The van der Waals surface area contributed by atoms with Gasteiger partial charge in [-0.2, -0.15) is 0 Å². The van der Waals surface area contributed by atoms with Crippen molar-refractivity contribution in [2.75, 3.05) is 46.0 Å². The highest BCUT2D eigenvalue weighted by Gasteiger charge is 2.29. The number of hydrogen-bond donors (Lipinski definition) is 1. The summed E-state index contributed by atoms with van der Waals surface area (Å²) in [4.78, 5) is 4.31. The van der Waals surface area contributed by atoms with Crippen LogP contribution < -0.4 is 0 Å². The van der Waals surface area contributed by atoms with Gasteiger partial charge >= 0.3 is 0 Å². The highest BCUT2D eigenvalue weighted by molar-refractivity contribution is 4.53. The van der Waals surface area contributed by atoms with E-state index in [1.165, 1.54) is 70.8 Å². The lowest BCUT2D eigenvalue weighted by Gasteiger charge is -2.41. The molecule has 4 nitrogen and oxygen atoms in total. The first-order chi connectivity index (χ1) is 10.8. The predicted octanol–water partition coefficient (Wildman–Crippen LogP) is 4.24. The van der Waals surface area contributed by atoms with Gasteiger partial charge < -0.3 is 9.22 Å². The molecule has 1 fully saturated rings. The Labute approximate surface area is 137 Å². The quantitative estimate of drug-likeness (QED) is 0.225. The number of morpholine rings is 1. The fourth-order valence-electron chi connectivity index (χ4n) is 3.46. The van der Waals surface area contributed by atoms with Gasteiger partial charge in [-0.3, -0.25) is 5.26 Å². The number of nitrogens with zero attached hydrogens (tertiary/aromatic N) is 1. The third-order valence-electron chi connectivity index (χ3n) is 5.06. The van der Waals surface area contributed by atoms with Gasteiger partial charge in [0.1, 0.15) is 26.2 Å². The van der Waals surface area contributed by atoms with Crippen LogP contribution >= 0.6 is 0 Å². The molecule has 22 heavy (non-hydrogen) atoms. The van der Waals surface area contributed by atoms with Crippen LogP contribution in [0.3, 0.4) is 0 Å². The van der Waals surface area contributed by atoms with E-state index >= 15 is 0 Å². The van der Waals surface area contributed by atoms with Crippen LogP contribution in [0.1, 0.15) is 71.1 Å². The second-order valence-corrected chi connectivity index (χ2v) is 6.86. The van der Waals surface area contributed by atoms with E-state index < -0.39 is 0 Å². The molecule has 0 amide bonds. The van der Waals surface area contributed by atoms with E-state index in [-0.39, 0.29) is 0 Å². The van der Waals surface area contributed by atoms with Crippen LogP contribution in [0.25, 0.3) is 0 Å². The molecule has 0 spiro atoms. The number of rotatable bonds is 14. The molecule has 0 bridgehead atoms. The molecule has 4 heteroatoms. The van der Waals surface area contributed by atoms with Crippen molar-refractivity contribution in [3.63, 3.8) is 0 Å². The summed E-state index contributed by atoms with van der Waals surface area (Å²) >= 11 is 0. The van der Waals surface area contributed by atoms with E-state index in [0.29, 0.717) is 6.61 Å². The smallest absolute Gasteiger partial charge is 0.131 e. The number of unbranched alkanes of at least 4 members (excludes halogenated alkanes) is 9. The Morgan fingerprint density at radius 3 is 1.91 bits per heavy atom. The molecule has 1 aliphatic heterocycles. The first-order valence-corrected chi connectivity index (χ1v) is 9.52.